The summed E-state index contributed by atoms with van der Waals surface area (Å²) in [6.45, 7) is 9.64. The molecule has 0 heterocycles. The maximum Gasteiger partial charge on any atom is 0.241 e. The van der Waals surface area contributed by atoms with E-state index in [4.69, 9.17) is 5.73 Å². The van der Waals surface area contributed by atoms with E-state index in [1.807, 2.05) is 27.7 Å². The Morgan fingerprint density at radius 2 is 1.70 bits per heavy atom. The maximum atomic E-state index is 13.3. The molecule has 20 heavy (non-hydrogen) atoms. The lowest BCUT2D eigenvalue weighted by Crippen LogP contribution is -2.30. The van der Waals surface area contributed by atoms with E-state index in [2.05, 4.69) is 4.72 Å². The molecule has 1 aromatic rings. The molecule has 0 unspecified atom stereocenters. The molecule has 1 aromatic carbocycles. The summed E-state index contributed by atoms with van der Waals surface area (Å²) >= 11 is 0. The number of nitrogens with two attached hydrogens (primary N) is 1. The Kier molecular flexibility index (Phi) is 3.19. The quantitative estimate of drug-likeness (QED) is 0.842. The van der Waals surface area contributed by atoms with Crippen molar-refractivity contribution < 1.29 is 12.8 Å². The zero-order valence-corrected chi connectivity index (χ0v) is 13.2. The van der Waals surface area contributed by atoms with Gasteiger partial charge in [0.15, 0.2) is 0 Å². The predicted octanol–water partition coefficient (Wildman–Crippen LogP) is 2.43. The average molecular weight is 300 g/mol. The van der Waals surface area contributed by atoms with Crippen molar-refractivity contribution in [1.82, 2.24) is 4.72 Å². The number of hydrogen-bond donors (Lipinski definition) is 2. The van der Waals surface area contributed by atoms with Crippen LogP contribution in [0.15, 0.2) is 17.0 Å². The van der Waals surface area contributed by atoms with Crippen molar-refractivity contribution in [3.8, 4) is 0 Å². The van der Waals surface area contributed by atoms with Gasteiger partial charge in [0.05, 0.1) is 10.6 Å². The molecular formula is C14H21FN2O2S. The normalized spacial score (nSPS) is 20.9. The summed E-state index contributed by atoms with van der Waals surface area (Å²) in [5, 5.41) is 0. The summed E-state index contributed by atoms with van der Waals surface area (Å²) in [7, 11) is -3.71. The molecule has 0 aliphatic heterocycles. The van der Waals surface area contributed by atoms with E-state index < -0.39 is 15.8 Å². The van der Waals surface area contributed by atoms with Gasteiger partial charge in [-0.05, 0) is 35.4 Å². The number of halogens is 1. The number of nitrogen functional groups attached to an aromatic ring is 1. The number of hydrogen-bond acceptors (Lipinski definition) is 3. The zero-order valence-electron chi connectivity index (χ0n) is 12.4. The van der Waals surface area contributed by atoms with Crippen molar-refractivity contribution in [3.63, 3.8) is 0 Å². The Bertz CT molecular complexity index is 652. The van der Waals surface area contributed by atoms with Crippen LogP contribution in [0.2, 0.25) is 0 Å². The number of sulfonamides is 1. The van der Waals surface area contributed by atoms with Crippen molar-refractivity contribution in [2.24, 2.45) is 10.8 Å². The Labute approximate surface area is 119 Å². The summed E-state index contributed by atoms with van der Waals surface area (Å²) in [4.78, 5) is 0.0369. The first-order valence-electron chi connectivity index (χ1n) is 6.49. The molecule has 1 saturated carbocycles. The van der Waals surface area contributed by atoms with Gasteiger partial charge in [-0.1, -0.05) is 27.7 Å². The lowest BCUT2D eigenvalue weighted by molar-refractivity contribution is 0.457. The highest BCUT2D eigenvalue weighted by Gasteiger charge is 2.66. The molecular weight excluding hydrogens is 279 g/mol. The Morgan fingerprint density at radius 3 is 2.15 bits per heavy atom. The zero-order chi connectivity index (χ0) is 15.5. The number of rotatable bonds is 3. The molecule has 6 heteroatoms. The molecule has 1 aliphatic rings. The highest BCUT2D eigenvalue weighted by atomic mass is 32.2. The first-order valence-corrected chi connectivity index (χ1v) is 7.97. The van der Waals surface area contributed by atoms with E-state index in [9.17, 15) is 12.8 Å². The molecule has 2 rings (SSSR count). The van der Waals surface area contributed by atoms with Crippen molar-refractivity contribution >= 4 is 15.7 Å². The molecule has 0 bridgehead atoms. The molecule has 3 N–H and O–H groups in total. The van der Waals surface area contributed by atoms with Crippen LogP contribution in [0, 0.1) is 23.6 Å². The van der Waals surface area contributed by atoms with Gasteiger partial charge in [0.25, 0.3) is 0 Å². The third kappa shape index (κ3) is 2.11. The van der Waals surface area contributed by atoms with E-state index >= 15 is 0 Å². The highest BCUT2D eigenvalue weighted by molar-refractivity contribution is 7.89. The van der Waals surface area contributed by atoms with Gasteiger partial charge in [0.2, 0.25) is 10.0 Å². The van der Waals surface area contributed by atoms with E-state index in [1.54, 1.807) is 6.92 Å². The number of nitrogens with one attached hydrogen (secondary N) is 1. The largest absolute Gasteiger partial charge is 0.396 e. The minimum atomic E-state index is -3.71. The van der Waals surface area contributed by atoms with Crippen molar-refractivity contribution in [1.29, 1.82) is 0 Å². The smallest absolute Gasteiger partial charge is 0.241 e. The van der Waals surface area contributed by atoms with Crippen LogP contribution in [0.1, 0.15) is 33.3 Å². The molecule has 0 amide bonds. The number of anilines is 1. The maximum absolute atomic E-state index is 13.3. The van der Waals surface area contributed by atoms with Crippen LogP contribution in [-0.2, 0) is 10.0 Å². The van der Waals surface area contributed by atoms with Gasteiger partial charge in [-0.15, -0.1) is 0 Å². The summed E-state index contributed by atoms with van der Waals surface area (Å²) in [6.07, 6.45) is 0. The van der Waals surface area contributed by atoms with E-state index in [0.717, 1.165) is 6.07 Å². The van der Waals surface area contributed by atoms with E-state index in [1.165, 1.54) is 6.07 Å². The second-order valence-electron chi connectivity index (χ2n) is 6.64. The Hall–Kier alpha value is -1.14. The summed E-state index contributed by atoms with van der Waals surface area (Å²) in [5.41, 5.74) is 5.43. The molecule has 0 atom stereocenters. The fourth-order valence-electron chi connectivity index (χ4n) is 2.67. The monoisotopic (exact) mass is 300 g/mol. The first kappa shape index (κ1) is 15.3. The van der Waals surface area contributed by atoms with Crippen LogP contribution < -0.4 is 10.5 Å². The molecule has 0 radical (unpaired) electrons. The lowest BCUT2D eigenvalue weighted by atomic mass is 10.0. The second-order valence-corrected chi connectivity index (χ2v) is 8.32. The highest BCUT2D eigenvalue weighted by Crippen LogP contribution is 2.63. The molecule has 0 aromatic heterocycles. The minimum Gasteiger partial charge on any atom is -0.396 e. The van der Waals surface area contributed by atoms with Crippen LogP contribution in [0.5, 0.6) is 0 Å². The SMILES string of the molecule is Cc1cc(F)c(N)cc1S(=O)(=O)NC1C(C)(C)C1(C)C. The molecule has 0 saturated heterocycles. The fourth-order valence-corrected chi connectivity index (χ4v) is 4.46. The van der Waals surface area contributed by atoms with Crippen LogP contribution in [0.4, 0.5) is 10.1 Å². The Balaban J connectivity index is 2.36. The second kappa shape index (κ2) is 4.18. The fraction of sp³-hybridized carbons (Fsp3) is 0.571. The topological polar surface area (TPSA) is 72.2 Å². The van der Waals surface area contributed by atoms with Crippen LogP contribution in [0.25, 0.3) is 0 Å². The third-order valence-electron chi connectivity index (χ3n) is 4.88. The van der Waals surface area contributed by atoms with Gasteiger partial charge < -0.3 is 5.73 Å². The average Bonchev–Trinajstić information content (AvgIpc) is 2.65. The van der Waals surface area contributed by atoms with Crippen LogP contribution in [-0.4, -0.2) is 14.5 Å². The van der Waals surface area contributed by atoms with Crippen LogP contribution >= 0.6 is 0 Å². The van der Waals surface area contributed by atoms with Crippen molar-refractivity contribution in [3.05, 3.63) is 23.5 Å². The van der Waals surface area contributed by atoms with Gasteiger partial charge >= 0.3 is 0 Å². The lowest BCUT2D eigenvalue weighted by Gasteiger charge is -2.12. The Morgan fingerprint density at radius 1 is 1.20 bits per heavy atom. The number of aryl methyl sites for hydroxylation is 1. The predicted molar refractivity (Wildman–Crippen MR) is 77.2 cm³/mol. The summed E-state index contributed by atoms with van der Waals surface area (Å²) in [5.74, 6) is -0.603. The van der Waals surface area contributed by atoms with E-state index in [0.29, 0.717) is 5.56 Å². The third-order valence-corrected chi connectivity index (χ3v) is 6.44. The molecule has 1 fully saturated rings. The van der Waals surface area contributed by atoms with E-state index in [-0.39, 0.29) is 27.5 Å². The number of benzene rings is 1. The molecule has 112 valence electrons. The first-order chi connectivity index (χ1) is 8.91. The standard InChI is InChI=1S/C14H21FN2O2S/c1-8-6-9(15)10(16)7-11(8)20(18,19)17-12-13(2,3)14(12,4)5/h6-7,12,17H,16H2,1-5H3. The molecule has 4 nitrogen and oxygen atoms in total. The van der Waals surface area contributed by atoms with Gasteiger partial charge in [0, 0.05) is 6.04 Å². The van der Waals surface area contributed by atoms with Crippen molar-refractivity contribution in [2.75, 3.05) is 5.73 Å². The van der Waals surface area contributed by atoms with Gasteiger partial charge in [-0.3, -0.25) is 0 Å². The van der Waals surface area contributed by atoms with Crippen molar-refractivity contribution in [2.45, 2.75) is 45.6 Å². The molecule has 1 aliphatic carbocycles. The van der Waals surface area contributed by atoms with Gasteiger partial charge in [0.1, 0.15) is 5.82 Å². The summed E-state index contributed by atoms with van der Waals surface area (Å²) in [6, 6.07) is 2.17. The molecule has 0 spiro atoms. The van der Waals surface area contributed by atoms with Gasteiger partial charge in [-0.2, -0.15) is 0 Å². The van der Waals surface area contributed by atoms with Crippen LogP contribution in [0.3, 0.4) is 0 Å². The summed E-state index contributed by atoms with van der Waals surface area (Å²) < 4.78 is 40.9. The minimum absolute atomic E-state index is 0.0369. The van der Waals surface area contributed by atoms with Gasteiger partial charge in [-0.25, -0.2) is 17.5 Å².